The van der Waals surface area contributed by atoms with Gasteiger partial charge in [0.05, 0.1) is 13.2 Å². The second kappa shape index (κ2) is 8.98. The molecule has 0 aromatic heterocycles. The van der Waals surface area contributed by atoms with Crippen LogP contribution in [0.5, 0.6) is 5.75 Å². The van der Waals surface area contributed by atoms with Crippen LogP contribution in [0.3, 0.4) is 0 Å². The van der Waals surface area contributed by atoms with Crippen molar-refractivity contribution in [2.24, 2.45) is 5.92 Å². The third-order valence-electron chi connectivity index (χ3n) is 3.69. The Morgan fingerprint density at radius 3 is 2.25 bits per heavy atom. The summed E-state index contributed by atoms with van der Waals surface area (Å²) in [5.74, 6) is 1.43. The molecule has 0 aliphatic rings. The predicted octanol–water partition coefficient (Wildman–Crippen LogP) is 3.28. The number of hydrogen-bond acceptors (Lipinski definition) is 3. The van der Waals surface area contributed by atoms with E-state index in [-0.39, 0.29) is 6.10 Å². The normalized spacial score (nSPS) is 14.3. The van der Waals surface area contributed by atoms with Gasteiger partial charge >= 0.3 is 0 Å². The van der Waals surface area contributed by atoms with Crippen LogP contribution < -0.4 is 10.1 Å². The number of likely N-dealkylation sites (N-methyl/N-ethyl adjacent to an activating group) is 1. The lowest BCUT2D eigenvalue weighted by Gasteiger charge is -2.30. The number of benzene rings is 1. The van der Waals surface area contributed by atoms with Crippen molar-refractivity contribution in [1.82, 2.24) is 5.32 Å². The van der Waals surface area contributed by atoms with Gasteiger partial charge in [0.15, 0.2) is 0 Å². The van der Waals surface area contributed by atoms with Gasteiger partial charge in [0.25, 0.3) is 0 Å². The summed E-state index contributed by atoms with van der Waals surface area (Å²) in [6.45, 7) is 7.27. The first-order chi connectivity index (χ1) is 9.62. The SMILES string of the molecule is CCOC(C(C)C)C(CCc1ccc(OC)cc1)NC. The first-order valence-corrected chi connectivity index (χ1v) is 7.54. The van der Waals surface area contributed by atoms with Crippen molar-refractivity contribution in [3.8, 4) is 5.75 Å². The van der Waals surface area contributed by atoms with Gasteiger partial charge in [-0.2, -0.15) is 0 Å². The molecule has 3 heteroatoms. The van der Waals surface area contributed by atoms with Crippen molar-refractivity contribution < 1.29 is 9.47 Å². The Labute approximate surface area is 123 Å². The Morgan fingerprint density at radius 2 is 1.80 bits per heavy atom. The average molecular weight is 279 g/mol. The number of methoxy groups -OCH3 is 1. The van der Waals surface area contributed by atoms with E-state index in [1.807, 2.05) is 19.2 Å². The summed E-state index contributed by atoms with van der Waals surface area (Å²) in [7, 11) is 3.72. The molecule has 1 aromatic carbocycles. The van der Waals surface area contributed by atoms with E-state index in [1.165, 1.54) is 5.56 Å². The summed E-state index contributed by atoms with van der Waals surface area (Å²) in [5.41, 5.74) is 1.34. The van der Waals surface area contributed by atoms with Crippen molar-refractivity contribution >= 4 is 0 Å². The quantitative estimate of drug-likeness (QED) is 0.752. The molecule has 0 fully saturated rings. The van der Waals surface area contributed by atoms with Crippen LogP contribution in [-0.2, 0) is 11.2 Å². The fourth-order valence-electron chi connectivity index (χ4n) is 2.55. The zero-order valence-electron chi connectivity index (χ0n) is 13.5. The minimum atomic E-state index is 0.267. The number of ether oxygens (including phenoxy) is 2. The fourth-order valence-corrected chi connectivity index (χ4v) is 2.55. The maximum absolute atomic E-state index is 5.90. The highest BCUT2D eigenvalue weighted by Crippen LogP contribution is 2.18. The van der Waals surface area contributed by atoms with Gasteiger partial charge in [0.1, 0.15) is 5.75 Å². The maximum Gasteiger partial charge on any atom is 0.118 e. The molecule has 0 aliphatic carbocycles. The van der Waals surface area contributed by atoms with E-state index < -0.39 is 0 Å². The zero-order chi connectivity index (χ0) is 15.0. The Hall–Kier alpha value is -1.06. The van der Waals surface area contributed by atoms with E-state index >= 15 is 0 Å². The van der Waals surface area contributed by atoms with Gasteiger partial charge in [-0.1, -0.05) is 26.0 Å². The van der Waals surface area contributed by atoms with Crippen LogP contribution in [0, 0.1) is 5.92 Å². The molecule has 0 aliphatic heterocycles. The Morgan fingerprint density at radius 1 is 1.15 bits per heavy atom. The highest BCUT2D eigenvalue weighted by atomic mass is 16.5. The minimum Gasteiger partial charge on any atom is -0.497 e. The van der Waals surface area contributed by atoms with E-state index in [4.69, 9.17) is 9.47 Å². The molecule has 20 heavy (non-hydrogen) atoms. The monoisotopic (exact) mass is 279 g/mol. The van der Waals surface area contributed by atoms with Crippen LogP contribution >= 0.6 is 0 Å². The Balaban J connectivity index is 2.58. The zero-order valence-corrected chi connectivity index (χ0v) is 13.5. The molecule has 3 nitrogen and oxygen atoms in total. The van der Waals surface area contributed by atoms with Crippen LogP contribution in [0.1, 0.15) is 32.8 Å². The first-order valence-electron chi connectivity index (χ1n) is 7.54. The molecule has 2 atom stereocenters. The summed E-state index contributed by atoms with van der Waals surface area (Å²) in [6.07, 6.45) is 2.39. The van der Waals surface area contributed by atoms with E-state index in [0.29, 0.717) is 12.0 Å². The van der Waals surface area contributed by atoms with Gasteiger partial charge in [-0.05, 0) is 50.4 Å². The molecule has 0 heterocycles. The molecule has 0 saturated heterocycles. The maximum atomic E-state index is 5.90. The Kier molecular flexibility index (Phi) is 7.63. The number of hydrogen-bond donors (Lipinski definition) is 1. The van der Waals surface area contributed by atoms with Crippen LogP contribution in [0.15, 0.2) is 24.3 Å². The number of rotatable bonds is 9. The Bertz CT molecular complexity index is 362. The van der Waals surface area contributed by atoms with Crippen LogP contribution in [-0.4, -0.2) is 32.9 Å². The second-order valence-corrected chi connectivity index (χ2v) is 5.45. The third-order valence-corrected chi connectivity index (χ3v) is 3.69. The number of aryl methyl sites for hydroxylation is 1. The first kappa shape index (κ1) is 17.0. The van der Waals surface area contributed by atoms with E-state index in [1.54, 1.807) is 7.11 Å². The van der Waals surface area contributed by atoms with Gasteiger partial charge in [0, 0.05) is 12.6 Å². The van der Waals surface area contributed by atoms with Crippen molar-refractivity contribution in [1.29, 1.82) is 0 Å². The van der Waals surface area contributed by atoms with Crippen LogP contribution in [0.4, 0.5) is 0 Å². The third kappa shape index (κ3) is 5.14. The van der Waals surface area contributed by atoms with Gasteiger partial charge in [0.2, 0.25) is 0 Å². The van der Waals surface area contributed by atoms with Gasteiger partial charge < -0.3 is 14.8 Å². The summed E-state index contributed by atoms with van der Waals surface area (Å²) in [6, 6.07) is 8.70. The second-order valence-electron chi connectivity index (χ2n) is 5.45. The topological polar surface area (TPSA) is 30.5 Å². The van der Waals surface area contributed by atoms with Gasteiger partial charge in [-0.25, -0.2) is 0 Å². The molecule has 2 unspecified atom stereocenters. The van der Waals surface area contributed by atoms with E-state index in [9.17, 15) is 0 Å². The summed E-state index contributed by atoms with van der Waals surface area (Å²) < 4.78 is 11.1. The van der Waals surface area contributed by atoms with Crippen LogP contribution in [0.2, 0.25) is 0 Å². The molecule has 0 radical (unpaired) electrons. The molecular formula is C17H29NO2. The van der Waals surface area contributed by atoms with Crippen molar-refractivity contribution in [3.05, 3.63) is 29.8 Å². The van der Waals surface area contributed by atoms with E-state index in [2.05, 4.69) is 38.2 Å². The smallest absolute Gasteiger partial charge is 0.118 e. The highest BCUT2D eigenvalue weighted by Gasteiger charge is 2.23. The summed E-state index contributed by atoms with van der Waals surface area (Å²) in [4.78, 5) is 0. The highest BCUT2D eigenvalue weighted by molar-refractivity contribution is 5.27. The van der Waals surface area contributed by atoms with Crippen LogP contribution in [0.25, 0.3) is 0 Å². The lowest BCUT2D eigenvalue weighted by Crippen LogP contribution is -2.43. The molecule has 0 bridgehead atoms. The lowest BCUT2D eigenvalue weighted by molar-refractivity contribution is 0.00337. The summed E-state index contributed by atoms with van der Waals surface area (Å²) in [5, 5.41) is 3.41. The fraction of sp³-hybridized carbons (Fsp3) is 0.647. The number of nitrogens with one attached hydrogen (secondary N) is 1. The summed E-state index contributed by atoms with van der Waals surface area (Å²) >= 11 is 0. The predicted molar refractivity (Wildman–Crippen MR) is 84.4 cm³/mol. The molecule has 0 spiro atoms. The van der Waals surface area contributed by atoms with Gasteiger partial charge in [-0.15, -0.1) is 0 Å². The molecule has 0 amide bonds. The average Bonchev–Trinajstić information content (AvgIpc) is 2.47. The van der Waals surface area contributed by atoms with Crippen molar-refractivity contribution in [2.45, 2.75) is 45.8 Å². The van der Waals surface area contributed by atoms with Crippen molar-refractivity contribution in [3.63, 3.8) is 0 Å². The molecule has 1 rings (SSSR count). The minimum absolute atomic E-state index is 0.267. The molecule has 1 aromatic rings. The van der Waals surface area contributed by atoms with Gasteiger partial charge in [-0.3, -0.25) is 0 Å². The molecule has 114 valence electrons. The molecular weight excluding hydrogens is 250 g/mol. The molecule has 1 N–H and O–H groups in total. The standard InChI is InChI=1S/C17H29NO2/c1-6-20-17(13(2)3)16(18-4)12-9-14-7-10-15(19-5)11-8-14/h7-8,10-11,13,16-18H,6,9,12H2,1-5H3. The lowest BCUT2D eigenvalue weighted by atomic mass is 9.94. The van der Waals surface area contributed by atoms with Crippen molar-refractivity contribution in [2.75, 3.05) is 20.8 Å². The molecule has 0 saturated carbocycles. The van der Waals surface area contributed by atoms with E-state index in [0.717, 1.165) is 25.2 Å². The largest absolute Gasteiger partial charge is 0.497 e.